The number of likely N-dealkylation sites (tertiary alicyclic amines) is 1. The van der Waals surface area contributed by atoms with Crippen LogP contribution in [0.5, 0.6) is 5.75 Å². The molecular weight excluding hydrogens is 388 g/mol. The van der Waals surface area contributed by atoms with Crippen molar-refractivity contribution >= 4 is 29.1 Å². The van der Waals surface area contributed by atoms with E-state index in [4.69, 9.17) is 16.3 Å². The predicted molar refractivity (Wildman–Crippen MR) is 113 cm³/mol. The van der Waals surface area contributed by atoms with E-state index in [1.54, 1.807) is 0 Å². The van der Waals surface area contributed by atoms with Crippen LogP contribution in [0.15, 0.2) is 42.5 Å². The molecule has 152 valence electrons. The topological polar surface area (TPSA) is 58.6 Å². The number of piperidine rings is 1. The highest BCUT2D eigenvalue weighted by molar-refractivity contribution is 6.30. The Balaban J connectivity index is 1.23. The Bertz CT molecular complexity index is 889. The van der Waals surface area contributed by atoms with E-state index in [-0.39, 0.29) is 11.8 Å². The van der Waals surface area contributed by atoms with E-state index in [2.05, 4.69) is 5.32 Å². The number of rotatable bonds is 5. The van der Waals surface area contributed by atoms with Gasteiger partial charge in [-0.15, -0.1) is 0 Å². The molecule has 0 atom stereocenters. The summed E-state index contributed by atoms with van der Waals surface area (Å²) in [6.07, 6.45) is 3.61. The van der Waals surface area contributed by atoms with Crippen LogP contribution >= 0.6 is 11.6 Å². The SMILES string of the molecule is O=C1CCc2cc(OCC3CCN(C(=O)Cc4ccc(Cl)cc4)CC3)ccc2N1. The molecule has 0 radical (unpaired) electrons. The molecular formula is C23H25ClN2O3. The van der Waals surface area contributed by atoms with Crippen molar-refractivity contribution in [1.29, 1.82) is 0 Å². The first-order chi connectivity index (χ1) is 14.1. The molecule has 2 aliphatic rings. The number of benzene rings is 2. The fourth-order valence-corrected chi connectivity index (χ4v) is 4.03. The van der Waals surface area contributed by atoms with Crippen molar-refractivity contribution in [1.82, 2.24) is 4.90 Å². The van der Waals surface area contributed by atoms with Gasteiger partial charge in [0.25, 0.3) is 0 Å². The Morgan fingerprint density at radius 1 is 1.10 bits per heavy atom. The molecule has 0 aliphatic carbocycles. The molecule has 5 nitrogen and oxygen atoms in total. The molecule has 1 saturated heterocycles. The first-order valence-corrected chi connectivity index (χ1v) is 10.5. The summed E-state index contributed by atoms with van der Waals surface area (Å²) in [5.41, 5.74) is 3.01. The number of halogens is 1. The second kappa shape index (κ2) is 8.87. The maximum Gasteiger partial charge on any atom is 0.226 e. The molecule has 1 fully saturated rings. The summed E-state index contributed by atoms with van der Waals surface area (Å²) >= 11 is 5.90. The highest BCUT2D eigenvalue weighted by Crippen LogP contribution is 2.28. The van der Waals surface area contributed by atoms with Crippen molar-refractivity contribution < 1.29 is 14.3 Å². The number of hydrogen-bond donors (Lipinski definition) is 1. The van der Waals surface area contributed by atoms with Crippen molar-refractivity contribution in [2.24, 2.45) is 5.92 Å². The van der Waals surface area contributed by atoms with E-state index >= 15 is 0 Å². The zero-order valence-corrected chi connectivity index (χ0v) is 17.1. The van der Waals surface area contributed by atoms with Gasteiger partial charge in [-0.05, 0) is 66.6 Å². The Labute approximate surface area is 176 Å². The lowest BCUT2D eigenvalue weighted by atomic mass is 9.97. The molecule has 0 aromatic heterocycles. The Kier molecular flexibility index (Phi) is 6.05. The summed E-state index contributed by atoms with van der Waals surface area (Å²) in [6.45, 7) is 2.21. The van der Waals surface area contributed by atoms with Gasteiger partial charge in [-0.2, -0.15) is 0 Å². The highest BCUT2D eigenvalue weighted by Gasteiger charge is 2.23. The Morgan fingerprint density at radius 2 is 1.86 bits per heavy atom. The number of nitrogens with zero attached hydrogens (tertiary/aromatic N) is 1. The minimum absolute atomic E-state index is 0.0727. The van der Waals surface area contributed by atoms with E-state index in [1.807, 2.05) is 47.4 Å². The largest absolute Gasteiger partial charge is 0.493 e. The van der Waals surface area contributed by atoms with Crippen LogP contribution in [0.2, 0.25) is 5.02 Å². The van der Waals surface area contributed by atoms with Crippen LogP contribution in [-0.4, -0.2) is 36.4 Å². The third kappa shape index (κ3) is 5.10. The van der Waals surface area contributed by atoms with Gasteiger partial charge >= 0.3 is 0 Å². The lowest BCUT2D eigenvalue weighted by Gasteiger charge is -2.32. The summed E-state index contributed by atoms with van der Waals surface area (Å²) in [5.74, 6) is 1.54. The number of nitrogens with one attached hydrogen (secondary N) is 1. The molecule has 29 heavy (non-hydrogen) atoms. The fraction of sp³-hybridized carbons (Fsp3) is 0.391. The molecule has 2 aromatic carbocycles. The van der Waals surface area contributed by atoms with Gasteiger partial charge in [-0.25, -0.2) is 0 Å². The Hall–Kier alpha value is -2.53. The minimum atomic E-state index is 0.0727. The molecule has 2 aromatic rings. The van der Waals surface area contributed by atoms with Crippen LogP contribution in [0.25, 0.3) is 0 Å². The normalized spacial score (nSPS) is 16.9. The third-order valence-electron chi connectivity index (χ3n) is 5.69. The van der Waals surface area contributed by atoms with Gasteiger partial charge in [-0.3, -0.25) is 9.59 Å². The number of amides is 2. The number of anilines is 1. The van der Waals surface area contributed by atoms with Crippen LogP contribution in [0, 0.1) is 5.92 Å². The summed E-state index contributed by atoms with van der Waals surface area (Å²) in [6, 6.07) is 13.3. The maximum atomic E-state index is 12.5. The maximum absolute atomic E-state index is 12.5. The highest BCUT2D eigenvalue weighted by atomic mass is 35.5. The van der Waals surface area contributed by atoms with E-state index in [9.17, 15) is 9.59 Å². The Morgan fingerprint density at radius 3 is 2.62 bits per heavy atom. The average molecular weight is 413 g/mol. The van der Waals surface area contributed by atoms with Gasteiger partial charge < -0.3 is 15.0 Å². The first-order valence-electron chi connectivity index (χ1n) is 10.1. The van der Waals surface area contributed by atoms with Crippen LogP contribution in [0.3, 0.4) is 0 Å². The van der Waals surface area contributed by atoms with Crippen LogP contribution < -0.4 is 10.1 Å². The van der Waals surface area contributed by atoms with Gasteiger partial charge in [0, 0.05) is 30.2 Å². The molecule has 0 saturated carbocycles. The van der Waals surface area contributed by atoms with Crippen molar-refractivity contribution in [2.45, 2.75) is 32.1 Å². The van der Waals surface area contributed by atoms with Crippen molar-refractivity contribution in [2.75, 3.05) is 25.0 Å². The first kappa shape index (κ1) is 19.8. The average Bonchev–Trinajstić information content (AvgIpc) is 2.74. The molecule has 2 heterocycles. The molecule has 0 unspecified atom stereocenters. The molecule has 6 heteroatoms. The lowest BCUT2D eigenvalue weighted by molar-refractivity contribution is -0.132. The van der Waals surface area contributed by atoms with E-state index in [0.717, 1.165) is 54.9 Å². The van der Waals surface area contributed by atoms with Crippen LogP contribution in [0.4, 0.5) is 5.69 Å². The minimum Gasteiger partial charge on any atom is -0.493 e. The van der Waals surface area contributed by atoms with Crippen molar-refractivity contribution in [3.63, 3.8) is 0 Å². The summed E-state index contributed by atoms with van der Waals surface area (Å²) in [5, 5.41) is 3.58. The molecule has 2 aliphatic heterocycles. The number of ether oxygens (including phenoxy) is 1. The second-order valence-electron chi connectivity index (χ2n) is 7.81. The summed E-state index contributed by atoms with van der Waals surface area (Å²) < 4.78 is 6.01. The summed E-state index contributed by atoms with van der Waals surface area (Å²) in [4.78, 5) is 25.9. The second-order valence-corrected chi connectivity index (χ2v) is 8.24. The zero-order valence-electron chi connectivity index (χ0n) is 16.3. The quantitative estimate of drug-likeness (QED) is 0.804. The number of aryl methyl sites for hydroxylation is 1. The molecule has 4 rings (SSSR count). The van der Waals surface area contributed by atoms with Gasteiger partial charge in [0.05, 0.1) is 13.0 Å². The van der Waals surface area contributed by atoms with Gasteiger partial charge in [0.15, 0.2) is 0 Å². The fourth-order valence-electron chi connectivity index (χ4n) is 3.90. The standard InChI is InChI=1S/C23H25ClN2O3/c24-19-4-1-16(2-5-19)13-23(28)26-11-9-17(10-12-26)15-29-20-6-7-21-18(14-20)3-8-22(27)25-21/h1-2,4-7,14,17H,3,8-13,15H2,(H,25,27). The zero-order chi connectivity index (χ0) is 20.2. The molecule has 1 N–H and O–H groups in total. The van der Waals surface area contributed by atoms with E-state index < -0.39 is 0 Å². The lowest BCUT2D eigenvalue weighted by Crippen LogP contribution is -2.40. The number of fused-ring (bicyclic) bond motifs is 1. The number of carbonyl (C=O) groups is 2. The number of carbonyl (C=O) groups excluding carboxylic acids is 2. The van der Waals surface area contributed by atoms with Crippen molar-refractivity contribution in [3.8, 4) is 5.75 Å². The van der Waals surface area contributed by atoms with E-state index in [1.165, 1.54) is 0 Å². The van der Waals surface area contributed by atoms with E-state index in [0.29, 0.717) is 30.4 Å². The van der Waals surface area contributed by atoms with Crippen LogP contribution in [0.1, 0.15) is 30.4 Å². The molecule has 2 amide bonds. The van der Waals surface area contributed by atoms with Crippen LogP contribution in [-0.2, 0) is 22.4 Å². The monoisotopic (exact) mass is 412 g/mol. The van der Waals surface area contributed by atoms with Gasteiger partial charge in [0.1, 0.15) is 5.75 Å². The predicted octanol–water partition coefficient (Wildman–Crippen LogP) is 4.08. The summed E-state index contributed by atoms with van der Waals surface area (Å²) in [7, 11) is 0. The smallest absolute Gasteiger partial charge is 0.226 e. The number of hydrogen-bond acceptors (Lipinski definition) is 3. The third-order valence-corrected chi connectivity index (χ3v) is 5.95. The van der Waals surface area contributed by atoms with Gasteiger partial charge in [-0.1, -0.05) is 23.7 Å². The molecule has 0 bridgehead atoms. The van der Waals surface area contributed by atoms with Gasteiger partial charge in [0.2, 0.25) is 11.8 Å². The van der Waals surface area contributed by atoms with Crippen molar-refractivity contribution in [3.05, 3.63) is 58.6 Å². The molecule has 0 spiro atoms.